The number of amides is 1. The fourth-order valence-corrected chi connectivity index (χ4v) is 2.45. The third kappa shape index (κ3) is 3.84. The molecule has 5 nitrogen and oxygen atoms in total. The smallest absolute Gasteiger partial charge is 0.221 e. The zero-order valence-corrected chi connectivity index (χ0v) is 11.0. The number of likely N-dealkylation sites (tertiary alicyclic amines) is 1. The summed E-state index contributed by atoms with van der Waals surface area (Å²) in [6.07, 6.45) is 6.81. The third-order valence-corrected chi connectivity index (χ3v) is 3.62. The second kappa shape index (κ2) is 6.54. The Morgan fingerprint density at radius 3 is 3.22 bits per heavy atom. The highest BCUT2D eigenvalue weighted by Gasteiger charge is 2.21. The molecule has 1 aromatic heterocycles. The van der Waals surface area contributed by atoms with Crippen molar-refractivity contribution in [3.05, 3.63) is 18.0 Å². The third-order valence-electron chi connectivity index (χ3n) is 3.62. The lowest BCUT2D eigenvalue weighted by molar-refractivity contribution is -0.122. The Labute approximate surface area is 108 Å². The van der Waals surface area contributed by atoms with Crippen molar-refractivity contribution in [1.82, 2.24) is 20.4 Å². The zero-order chi connectivity index (χ0) is 12.8. The number of nitrogens with zero attached hydrogens (tertiary/aromatic N) is 2. The molecule has 0 aromatic carbocycles. The number of aromatic nitrogens is 2. The predicted octanol–water partition coefficient (Wildman–Crippen LogP) is 0.943. The molecule has 1 amide bonds. The standard InChI is InChI=1S/C13H22N4O/c1-17-9-3-2-4-12(17)10-13(18)14-7-5-11-6-8-15-16-11/h6,8,12H,2-5,7,9-10H2,1H3,(H,14,18)(H,15,16). The maximum Gasteiger partial charge on any atom is 0.221 e. The largest absolute Gasteiger partial charge is 0.356 e. The topological polar surface area (TPSA) is 61.0 Å². The lowest BCUT2D eigenvalue weighted by Gasteiger charge is -2.31. The van der Waals surface area contributed by atoms with Gasteiger partial charge >= 0.3 is 0 Å². The number of aromatic amines is 1. The number of nitrogens with one attached hydrogen (secondary N) is 2. The molecule has 0 spiro atoms. The van der Waals surface area contributed by atoms with Crippen molar-refractivity contribution in [2.45, 2.75) is 38.1 Å². The van der Waals surface area contributed by atoms with E-state index in [-0.39, 0.29) is 5.91 Å². The molecule has 5 heteroatoms. The van der Waals surface area contributed by atoms with E-state index in [1.54, 1.807) is 6.20 Å². The van der Waals surface area contributed by atoms with Gasteiger partial charge in [0.05, 0.1) is 0 Å². The van der Waals surface area contributed by atoms with Crippen LogP contribution in [0, 0.1) is 0 Å². The Morgan fingerprint density at radius 2 is 2.50 bits per heavy atom. The summed E-state index contributed by atoms with van der Waals surface area (Å²) in [6, 6.07) is 2.35. The summed E-state index contributed by atoms with van der Waals surface area (Å²) in [6.45, 7) is 1.80. The number of hydrogen-bond acceptors (Lipinski definition) is 3. The molecule has 1 atom stereocenters. The molecule has 100 valence electrons. The molecule has 1 fully saturated rings. The zero-order valence-electron chi connectivity index (χ0n) is 11.0. The van der Waals surface area contributed by atoms with Gasteiger partial charge in [-0.3, -0.25) is 9.89 Å². The van der Waals surface area contributed by atoms with Gasteiger partial charge in [0.2, 0.25) is 5.91 Å². The van der Waals surface area contributed by atoms with Crippen LogP contribution in [0.5, 0.6) is 0 Å². The molecule has 1 aromatic rings. The summed E-state index contributed by atoms with van der Waals surface area (Å²) in [7, 11) is 2.11. The van der Waals surface area contributed by atoms with Crippen molar-refractivity contribution in [3.8, 4) is 0 Å². The van der Waals surface area contributed by atoms with Crippen LogP contribution in [0.3, 0.4) is 0 Å². The van der Waals surface area contributed by atoms with Crippen molar-refractivity contribution in [3.63, 3.8) is 0 Å². The van der Waals surface area contributed by atoms with Crippen molar-refractivity contribution >= 4 is 5.91 Å². The van der Waals surface area contributed by atoms with Crippen LogP contribution in [0.25, 0.3) is 0 Å². The summed E-state index contributed by atoms with van der Waals surface area (Å²) in [5, 5.41) is 9.74. The fraction of sp³-hybridized carbons (Fsp3) is 0.692. The summed E-state index contributed by atoms with van der Waals surface area (Å²) < 4.78 is 0. The molecule has 2 N–H and O–H groups in total. The van der Waals surface area contributed by atoms with Crippen molar-refractivity contribution in [1.29, 1.82) is 0 Å². The van der Waals surface area contributed by atoms with Crippen LogP contribution in [-0.4, -0.2) is 47.2 Å². The monoisotopic (exact) mass is 250 g/mol. The lowest BCUT2D eigenvalue weighted by Crippen LogP contribution is -2.40. The number of piperidine rings is 1. The minimum Gasteiger partial charge on any atom is -0.356 e. The van der Waals surface area contributed by atoms with Crippen molar-refractivity contribution in [2.75, 3.05) is 20.1 Å². The van der Waals surface area contributed by atoms with E-state index in [9.17, 15) is 4.79 Å². The molecule has 1 saturated heterocycles. The SMILES string of the molecule is CN1CCCCC1CC(=O)NCCc1ccn[nH]1. The normalized spacial score (nSPS) is 20.8. The van der Waals surface area contributed by atoms with Crippen LogP contribution in [0.1, 0.15) is 31.4 Å². The number of carbonyl (C=O) groups excluding carboxylic acids is 1. The minimum atomic E-state index is 0.160. The molecule has 2 heterocycles. The molecule has 0 radical (unpaired) electrons. The maximum absolute atomic E-state index is 11.8. The summed E-state index contributed by atoms with van der Waals surface area (Å²) >= 11 is 0. The van der Waals surface area contributed by atoms with Gasteiger partial charge in [-0.15, -0.1) is 0 Å². The summed E-state index contributed by atoms with van der Waals surface area (Å²) in [4.78, 5) is 14.1. The average Bonchev–Trinajstić information content (AvgIpc) is 2.85. The highest BCUT2D eigenvalue weighted by atomic mass is 16.1. The highest BCUT2D eigenvalue weighted by molar-refractivity contribution is 5.76. The number of H-pyrrole nitrogens is 1. The summed E-state index contributed by atoms with van der Waals surface area (Å²) in [5.41, 5.74) is 1.06. The number of carbonyl (C=O) groups is 1. The Hall–Kier alpha value is -1.36. The van der Waals surface area contributed by atoms with Gasteiger partial charge in [0.15, 0.2) is 0 Å². The van der Waals surface area contributed by atoms with Crippen LogP contribution in [0.15, 0.2) is 12.3 Å². The van der Waals surface area contributed by atoms with Gasteiger partial charge in [-0.2, -0.15) is 5.10 Å². The molecule has 0 bridgehead atoms. The molecule has 1 aliphatic heterocycles. The molecule has 0 aliphatic carbocycles. The Balaban J connectivity index is 1.65. The van der Waals surface area contributed by atoms with Gasteiger partial charge in [0, 0.05) is 37.3 Å². The van der Waals surface area contributed by atoms with Gasteiger partial charge in [0.25, 0.3) is 0 Å². The summed E-state index contributed by atoms with van der Waals surface area (Å²) in [5.74, 6) is 0.160. The van der Waals surface area contributed by atoms with Crippen LogP contribution in [0.2, 0.25) is 0 Å². The van der Waals surface area contributed by atoms with E-state index in [0.717, 1.165) is 25.1 Å². The number of rotatable bonds is 5. The Morgan fingerprint density at radius 1 is 1.61 bits per heavy atom. The van der Waals surface area contributed by atoms with Crippen LogP contribution < -0.4 is 5.32 Å². The van der Waals surface area contributed by atoms with Gasteiger partial charge in [-0.1, -0.05) is 6.42 Å². The van der Waals surface area contributed by atoms with E-state index < -0.39 is 0 Å². The van der Waals surface area contributed by atoms with Crippen molar-refractivity contribution < 1.29 is 4.79 Å². The van der Waals surface area contributed by atoms with Gasteiger partial charge in [-0.05, 0) is 32.5 Å². The van der Waals surface area contributed by atoms with Crippen LogP contribution in [0.4, 0.5) is 0 Å². The minimum absolute atomic E-state index is 0.160. The highest BCUT2D eigenvalue weighted by Crippen LogP contribution is 2.17. The van der Waals surface area contributed by atoms with E-state index in [0.29, 0.717) is 19.0 Å². The average molecular weight is 250 g/mol. The first-order chi connectivity index (χ1) is 8.75. The first-order valence-corrected chi connectivity index (χ1v) is 6.71. The molecule has 1 unspecified atom stereocenters. The van der Waals surface area contributed by atoms with Crippen LogP contribution >= 0.6 is 0 Å². The fourth-order valence-electron chi connectivity index (χ4n) is 2.45. The van der Waals surface area contributed by atoms with E-state index in [1.807, 2.05) is 6.07 Å². The first-order valence-electron chi connectivity index (χ1n) is 6.71. The second-order valence-electron chi connectivity index (χ2n) is 5.02. The quantitative estimate of drug-likeness (QED) is 0.817. The van der Waals surface area contributed by atoms with Gasteiger partial charge in [-0.25, -0.2) is 0 Å². The second-order valence-corrected chi connectivity index (χ2v) is 5.02. The first kappa shape index (κ1) is 13.1. The van der Waals surface area contributed by atoms with Gasteiger partial charge in [0.1, 0.15) is 0 Å². The van der Waals surface area contributed by atoms with E-state index in [4.69, 9.17) is 0 Å². The predicted molar refractivity (Wildman–Crippen MR) is 70.2 cm³/mol. The molecular weight excluding hydrogens is 228 g/mol. The molecule has 2 rings (SSSR count). The molecular formula is C13H22N4O. The van der Waals surface area contributed by atoms with Crippen molar-refractivity contribution in [2.24, 2.45) is 0 Å². The van der Waals surface area contributed by atoms with E-state index in [2.05, 4.69) is 27.5 Å². The maximum atomic E-state index is 11.8. The van der Waals surface area contributed by atoms with Crippen LogP contribution in [-0.2, 0) is 11.2 Å². The Bertz CT molecular complexity index is 363. The molecule has 0 saturated carbocycles. The molecule has 1 aliphatic rings. The van der Waals surface area contributed by atoms with E-state index >= 15 is 0 Å². The lowest BCUT2D eigenvalue weighted by atomic mass is 10.00. The molecule has 18 heavy (non-hydrogen) atoms. The number of hydrogen-bond donors (Lipinski definition) is 2. The van der Waals surface area contributed by atoms with E-state index in [1.165, 1.54) is 12.8 Å². The Kier molecular flexibility index (Phi) is 4.75. The van der Waals surface area contributed by atoms with Gasteiger partial charge < -0.3 is 10.2 Å².